The van der Waals surface area contributed by atoms with Gasteiger partial charge in [0, 0.05) is 18.4 Å². The Hall–Kier alpha value is -3.07. The highest BCUT2D eigenvalue weighted by Crippen LogP contribution is 2.30. The standard InChI is InChI=1S/C21H24FN3O4S/c1-13(2)11-17(20(28)29-4)24-19(27)10-9-15-12-30-21(23-15)25(14(3)26)18-8-6-5-7-16(18)22/h5-10,12-13,17H,11H2,1-4H3,(H,24,27)/b10-9+. The van der Waals surface area contributed by atoms with Gasteiger partial charge in [-0.1, -0.05) is 26.0 Å². The smallest absolute Gasteiger partial charge is 0.328 e. The molecule has 2 aromatic rings. The van der Waals surface area contributed by atoms with Crippen molar-refractivity contribution in [1.82, 2.24) is 10.3 Å². The van der Waals surface area contributed by atoms with E-state index in [1.807, 2.05) is 13.8 Å². The number of carbonyl (C=O) groups is 3. The van der Waals surface area contributed by atoms with E-state index >= 15 is 0 Å². The van der Waals surface area contributed by atoms with E-state index in [2.05, 4.69) is 10.3 Å². The van der Waals surface area contributed by atoms with Crippen molar-refractivity contribution in [2.45, 2.75) is 33.2 Å². The topological polar surface area (TPSA) is 88.6 Å². The summed E-state index contributed by atoms with van der Waals surface area (Å²) >= 11 is 1.14. The van der Waals surface area contributed by atoms with Crippen molar-refractivity contribution >= 4 is 46.0 Å². The fourth-order valence-corrected chi connectivity index (χ4v) is 3.55. The number of nitrogens with one attached hydrogen (secondary N) is 1. The quantitative estimate of drug-likeness (QED) is 0.507. The molecule has 7 nitrogen and oxygen atoms in total. The fraction of sp³-hybridized carbons (Fsp3) is 0.333. The number of hydrogen-bond acceptors (Lipinski definition) is 6. The van der Waals surface area contributed by atoms with E-state index in [-0.39, 0.29) is 16.7 Å². The average Bonchev–Trinajstić information content (AvgIpc) is 3.14. The Morgan fingerprint density at radius 2 is 2.00 bits per heavy atom. The number of esters is 1. The van der Waals surface area contributed by atoms with Crippen LogP contribution in [0, 0.1) is 11.7 Å². The number of carbonyl (C=O) groups excluding carboxylic acids is 3. The average molecular weight is 434 g/mol. The molecule has 0 aliphatic rings. The maximum absolute atomic E-state index is 14.1. The van der Waals surface area contributed by atoms with Crippen molar-refractivity contribution in [3.63, 3.8) is 0 Å². The molecule has 160 valence electrons. The number of para-hydroxylation sites is 1. The summed E-state index contributed by atoms with van der Waals surface area (Å²) in [6, 6.07) is 5.17. The van der Waals surface area contributed by atoms with E-state index < -0.39 is 29.6 Å². The molecule has 0 fully saturated rings. The van der Waals surface area contributed by atoms with Gasteiger partial charge in [-0.3, -0.25) is 14.5 Å². The summed E-state index contributed by atoms with van der Waals surface area (Å²) in [7, 11) is 1.27. The van der Waals surface area contributed by atoms with E-state index in [0.717, 1.165) is 11.3 Å². The number of halogens is 1. The number of nitrogens with zero attached hydrogens (tertiary/aromatic N) is 2. The van der Waals surface area contributed by atoms with Gasteiger partial charge in [-0.2, -0.15) is 0 Å². The molecule has 9 heteroatoms. The number of methoxy groups -OCH3 is 1. The predicted molar refractivity (Wildman–Crippen MR) is 114 cm³/mol. The Morgan fingerprint density at radius 3 is 2.60 bits per heavy atom. The van der Waals surface area contributed by atoms with Crippen LogP contribution in [0.1, 0.15) is 32.9 Å². The van der Waals surface area contributed by atoms with Crippen molar-refractivity contribution in [2.24, 2.45) is 5.92 Å². The van der Waals surface area contributed by atoms with Crippen LogP contribution in [0.5, 0.6) is 0 Å². The lowest BCUT2D eigenvalue weighted by atomic mass is 10.0. The second kappa shape index (κ2) is 10.6. The Morgan fingerprint density at radius 1 is 1.30 bits per heavy atom. The largest absolute Gasteiger partial charge is 0.467 e. The molecular weight excluding hydrogens is 409 g/mol. The fourth-order valence-electron chi connectivity index (χ4n) is 2.70. The molecule has 0 bridgehead atoms. The first kappa shape index (κ1) is 23.2. The highest BCUT2D eigenvalue weighted by Gasteiger charge is 2.22. The molecule has 0 saturated heterocycles. The van der Waals surface area contributed by atoms with Crippen molar-refractivity contribution in [3.05, 3.63) is 47.2 Å². The molecule has 1 atom stereocenters. The van der Waals surface area contributed by atoms with Crippen LogP contribution in [0.4, 0.5) is 15.2 Å². The van der Waals surface area contributed by atoms with Gasteiger partial charge in [0.2, 0.25) is 11.8 Å². The van der Waals surface area contributed by atoms with Crippen LogP contribution in [0.3, 0.4) is 0 Å². The lowest BCUT2D eigenvalue weighted by molar-refractivity contribution is -0.145. The summed E-state index contributed by atoms with van der Waals surface area (Å²) in [6.07, 6.45) is 3.15. The highest BCUT2D eigenvalue weighted by molar-refractivity contribution is 7.14. The minimum atomic E-state index is -0.743. The van der Waals surface area contributed by atoms with Gasteiger partial charge >= 0.3 is 5.97 Å². The van der Waals surface area contributed by atoms with Crippen LogP contribution in [0.25, 0.3) is 6.08 Å². The Labute approximate surface area is 178 Å². The molecule has 1 aromatic heterocycles. The number of ether oxygens (including phenoxy) is 1. The number of anilines is 2. The van der Waals surface area contributed by atoms with Gasteiger partial charge in [-0.05, 0) is 30.5 Å². The van der Waals surface area contributed by atoms with Crippen LogP contribution >= 0.6 is 11.3 Å². The molecule has 1 aromatic carbocycles. The van der Waals surface area contributed by atoms with Crippen LogP contribution in [-0.4, -0.2) is 35.9 Å². The number of rotatable bonds is 8. The second-order valence-electron chi connectivity index (χ2n) is 6.91. The first-order valence-electron chi connectivity index (χ1n) is 9.30. The Kier molecular flexibility index (Phi) is 8.23. The van der Waals surface area contributed by atoms with Gasteiger partial charge in [-0.25, -0.2) is 14.2 Å². The van der Waals surface area contributed by atoms with Gasteiger partial charge < -0.3 is 10.1 Å². The summed E-state index contributed by atoms with van der Waals surface area (Å²) in [5.41, 5.74) is 0.522. The van der Waals surface area contributed by atoms with E-state index in [9.17, 15) is 18.8 Å². The molecular formula is C21H24FN3O4S. The molecule has 0 radical (unpaired) electrons. The van der Waals surface area contributed by atoms with Crippen LogP contribution in [0.2, 0.25) is 0 Å². The SMILES string of the molecule is COC(=O)C(CC(C)C)NC(=O)/C=C/c1csc(N(C(C)=O)c2ccccc2F)n1. The van der Waals surface area contributed by atoms with E-state index in [4.69, 9.17) is 4.74 Å². The van der Waals surface area contributed by atoms with Crippen molar-refractivity contribution in [1.29, 1.82) is 0 Å². The van der Waals surface area contributed by atoms with Gasteiger partial charge in [0.15, 0.2) is 5.13 Å². The highest BCUT2D eigenvalue weighted by atomic mass is 32.1. The summed E-state index contributed by atoms with van der Waals surface area (Å²) in [5.74, 6) is -1.73. The zero-order chi connectivity index (χ0) is 22.3. The zero-order valence-electron chi connectivity index (χ0n) is 17.2. The van der Waals surface area contributed by atoms with Gasteiger partial charge in [0.25, 0.3) is 0 Å². The summed E-state index contributed by atoms with van der Waals surface area (Å²) in [6.45, 7) is 5.19. The lowest BCUT2D eigenvalue weighted by Crippen LogP contribution is -2.41. The minimum absolute atomic E-state index is 0.0993. The molecule has 0 saturated carbocycles. The maximum atomic E-state index is 14.1. The monoisotopic (exact) mass is 433 g/mol. The number of amides is 2. The first-order chi connectivity index (χ1) is 14.2. The molecule has 0 aliphatic heterocycles. The van der Waals surface area contributed by atoms with Crippen LogP contribution in [0.15, 0.2) is 35.7 Å². The number of hydrogen-bond donors (Lipinski definition) is 1. The number of thiazole rings is 1. The predicted octanol–water partition coefficient (Wildman–Crippen LogP) is 3.68. The second-order valence-corrected chi connectivity index (χ2v) is 7.74. The van der Waals surface area contributed by atoms with E-state index in [0.29, 0.717) is 12.1 Å². The summed E-state index contributed by atoms with van der Waals surface area (Å²) < 4.78 is 18.9. The summed E-state index contributed by atoms with van der Waals surface area (Å²) in [5, 5.41) is 4.53. The van der Waals surface area contributed by atoms with Gasteiger partial charge in [0.05, 0.1) is 18.5 Å². The molecule has 2 rings (SSSR count). The van der Waals surface area contributed by atoms with Gasteiger partial charge in [-0.15, -0.1) is 11.3 Å². The van der Waals surface area contributed by atoms with Crippen LogP contribution < -0.4 is 10.2 Å². The molecule has 1 heterocycles. The van der Waals surface area contributed by atoms with Crippen molar-refractivity contribution < 1.29 is 23.5 Å². The number of benzene rings is 1. The Balaban J connectivity index is 2.14. The molecule has 2 amide bonds. The van der Waals surface area contributed by atoms with Gasteiger partial charge in [0.1, 0.15) is 11.9 Å². The van der Waals surface area contributed by atoms with E-state index in [1.165, 1.54) is 49.3 Å². The minimum Gasteiger partial charge on any atom is -0.467 e. The molecule has 1 N–H and O–H groups in total. The first-order valence-corrected chi connectivity index (χ1v) is 10.2. The normalized spacial score (nSPS) is 12.1. The Bertz CT molecular complexity index is 942. The molecule has 1 unspecified atom stereocenters. The molecule has 30 heavy (non-hydrogen) atoms. The lowest BCUT2D eigenvalue weighted by Gasteiger charge is -2.18. The zero-order valence-corrected chi connectivity index (χ0v) is 18.0. The summed E-state index contributed by atoms with van der Waals surface area (Å²) in [4.78, 5) is 41.6. The third-order valence-electron chi connectivity index (χ3n) is 4.02. The third kappa shape index (κ3) is 6.21. The molecule has 0 aliphatic carbocycles. The van der Waals surface area contributed by atoms with E-state index in [1.54, 1.807) is 11.4 Å². The number of aromatic nitrogens is 1. The van der Waals surface area contributed by atoms with Crippen LogP contribution in [-0.2, 0) is 19.1 Å². The van der Waals surface area contributed by atoms with Crippen molar-refractivity contribution in [3.8, 4) is 0 Å². The third-order valence-corrected chi connectivity index (χ3v) is 4.87. The maximum Gasteiger partial charge on any atom is 0.328 e. The molecule has 0 spiro atoms. The van der Waals surface area contributed by atoms with Crippen molar-refractivity contribution in [2.75, 3.05) is 12.0 Å².